The van der Waals surface area contributed by atoms with Crippen LogP contribution in [0.3, 0.4) is 0 Å². The number of hydrogen-bond acceptors (Lipinski definition) is 6. The molecule has 0 unspecified atom stereocenters. The Morgan fingerprint density at radius 1 is 1.21 bits per heavy atom. The number of hydrogen-bond donors (Lipinski definition) is 3. The van der Waals surface area contributed by atoms with E-state index in [1.54, 1.807) is 6.33 Å². The maximum atomic E-state index is 12.9. The van der Waals surface area contributed by atoms with Crippen molar-refractivity contribution in [1.29, 1.82) is 0 Å². The molecule has 4 aromatic heterocycles. The number of carbonyl (C=O) groups is 1. The summed E-state index contributed by atoms with van der Waals surface area (Å²) in [5.74, 6) is 1.02. The van der Waals surface area contributed by atoms with E-state index in [1.165, 1.54) is 55.0 Å². The number of aliphatic hydroxyl groups is 1. The molecule has 4 aromatic rings. The molecular formula is C29H36N6O2S. The Morgan fingerprint density at radius 2 is 2.00 bits per heavy atom. The van der Waals surface area contributed by atoms with Crippen molar-refractivity contribution in [1.82, 2.24) is 29.8 Å². The third-order valence-corrected chi connectivity index (χ3v) is 10.4. The number of β-amino-alcohol motifs (C(OH)–C–C–N with tert-alkyl or cyclic N) is 1. The minimum Gasteiger partial charge on any atom is -0.392 e. The summed E-state index contributed by atoms with van der Waals surface area (Å²) in [6.07, 6.45) is 9.28. The predicted molar refractivity (Wildman–Crippen MR) is 150 cm³/mol. The lowest BCUT2D eigenvalue weighted by molar-refractivity contribution is -0.134. The number of aromatic nitrogens is 4. The van der Waals surface area contributed by atoms with Crippen molar-refractivity contribution >= 4 is 33.1 Å². The summed E-state index contributed by atoms with van der Waals surface area (Å²) in [6.45, 7) is 8.99. The van der Waals surface area contributed by atoms with Gasteiger partial charge in [0.15, 0.2) is 5.65 Å². The number of aliphatic hydroxyl groups excluding tert-OH is 1. The van der Waals surface area contributed by atoms with Crippen LogP contribution in [0.5, 0.6) is 0 Å². The van der Waals surface area contributed by atoms with Crippen LogP contribution in [-0.4, -0.2) is 67.3 Å². The van der Waals surface area contributed by atoms with E-state index in [2.05, 4.69) is 47.4 Å². The first-order chi connectivity index (χ1) is 18.4. The van der Waals surface area contributed by atoms with Gasteiger partial charge in [-0.2, -0.15) is 5.10 Å². The molecule has 2 atom stereocenters. The van der Waals surface area contributed by atoms with Gasteiger partial charge in [-0.3, -0.25) is 4.79 Å². The highest BCUT2D eigenvalue weighted by Crippen LogP contribution is 2.47. The highest BCUT2D eigenvalue weighted by Gasteiger charge is 2.35. The molecule has 0 radical (unpaired) electrons. The maximum absolute atomic E-state index is 12.9. The van der Waals surface area contributed by atoms with E-state index in [4.69, 9.17) is 0 Å². The number of rotatable bonds is 4. The zero-order chi connectivity index (χ0) is 26.1. The molecule has 2 fully saturated rings. The second-order valence-electron chi connectivity index (χ2n) is 11.7. The fraction of sp³-hybridized carbons (Fsp3) is 0.552. The monoisotopic (exact) mass is 532 g/mol. The van der Waals surface area contributed by atoms with Crippen LogP contribution in [0, 0.1) is 6.92 Å². The van der Waals surface area contributed by atoms with Gasteiger partial charge in [-0.05, 0) is 74.0 Å². The summed E-state index contributed by atoms with van der Waals surface area (Å²) in [6, 6.07) is -0.228. The number of likely N-dealkylation sites (tertiary alicyclic amines) is 1. The quantitative estimate of drug-likeness (QED) is 0.364. The number of thiophene rings is 1. The Bertz CT molecular complexity index is 1540. The third kappa shape index (κ3) is 3.73. The van der Waals surface area contributed by atoms with Gasteiger partial charge in [0.25, 0.3) is 0 Å². The smallest absolute Gasteiger partial charge is 0.239 e. The molecule has 0 spiro atoms. The van der Waals surface area contributed by atoms with Crippen LogP contribution < -0.4 is 5.32 Å². The summed E-state index contributed by atoms with van der Waals surface area (Å²) in [4.78, 5) is 26.1. The first-order valence-electron chi connectivity index (χ1n) is 14.1. The van der Waals surface area contributed by atoms with Crippen molar-refractivity contribution in [3.63, 3.8) is 0 Å². The highest BCUT2D eigenvalue weighted by molar-refractivity contribution is 7.19. The average molecular weight is 533 g/mol. The van der Waals surface area contributed by atoms with Gasteiger partial charge in [0.05, 0.1) is 17.8 Å². The largest absolute Gasteiger partial charge is 0.392 e. The van der Waals surface area contributed by atoms with Gasteiger partial charge >= 0.3 is 0 Å². The molecule has 2 aliphatic heterocycles. The summed E-state index contributed by atoms with van der Waals surface area (Å²) >= 11 is 1.91. The zero-order valence-electron chi connectivity index (χ0n) is 22.4. The number of amides is 1. The van der Waals surface area contributed by atoms with Crippen LogP contribution in [0.25, 0.3) is 27.1 Å². The summed E-state index contributed by atoms with van der Waals surface area (Å²) in [7, 11) is 0. The van der Waals surface area contributed by atoms with Crippen LogP contribution in [0.1, 0.15) is 78.5 Å². The molecule has 0 bridgehead atoms. The van der Waals surface area contributed by atoms with E-state index >= 15 is 0 Å². The number of nitrogens with one attached hydrogen (secondary N) is 2. The summed E-state index contributed by atoms with van der Waals surface area (Å²) in [5, 5.41) is 18.9. The number of aryl methyl sites for hydroxylation is 2. The van der Waals surface area contributed by atoms with Crippen LogP contribution >= 0.6 is 11.3 Å². The number of carbonyl (C=O) groups excluding carboxylic acids is 1. The molecular weight excluding hydrogens is 496 g/mol. The lowest BCUT2D eigenvalue weighted by atomic mass is 9.89. The normalized spacial score (nSPS) is 22.4. The molecule has 0 saturated carbocycles. The minimum absolute atomic E-state index is 0.151. The van der Waals surface area contributed by atoms with Crippen molar-refractivity contribution in [2.24, 2.45) is 0 Å². The third-order valence-electron chi connectivity index (χ3n) is 9.03. The van der Waals surface area contributed by atoms with Crippen molar-refractivity contribution in [3.8, 4) is 11.3 Å². The van der Waals surface area contributed by atoms with Gasteiger partial charge in [0.1, 0.15) is 11.2 Å². The molecule has 3 N–H and O–H groups in total. The van der Waals surface area contributed by atoms with E-state index in [9.17, 15) is 9.90 Å². The van der Waals surface area contributed by atoms with Crippen molar-refractivity contribution in [3.05, 3.63) is 39.7 Å². The SMILES string of the molecule is Cc1c(C2CCN(C(=O)[C@H]3C[C@H](O)CN3)CC2)sc2[nH]c(-c3cn4ncnc4c4c3CCC4)c(C(C)C)c12. The lowest BCUT2D eigenvalue weighted by Crippen LogP contribution is -2.46. The predicted octanol–water partition coefficient (Wildman–Crippen LogP) is 4.29. The van der Waals surface area contributed by atoms with E-state index in [-0.39, 0.29) is 11.9 Å². The lowest BCUT2D eigenvalue weighted by Gasteiger charge is -2.33. The molecule has 9 heteroatoms. The Labute approximate surface area is 226 Å². The van der Waals surface area contributed by atoms with Crippen LogP contribution in [0.2, 0.25) is 0 Å². The molecule has 7 rings (SSSR count). The van der Waals surface area contributed by atoms with E-state index in [1.807, 2.05) is 20.8 Å². The molecule has 200 valence electrons. The van der Waals surface area contributed by atoms with Crippen molar-refractivity contribution in [2.45, 2.75) is 83.3 Å². The summed E-state index contributed by atoms with van der Waals surface area (Å²) in [5.41, 5.74) is 9.13. The first-order valence-corrected chi connectivity index (χ1v) is 14.9. The topological polar surface area (TPSA) is 98.6 Å². The number of nitrogens with zero attached hydrogens (tertiary/aromatic N) is 4. The van der Waals surface area contributed by atoms with Crippen LogP contribution in [0.4, 0.5) is 0 Å². The Balaban J connectivity index is 1.21. The van der Waals surface area contributed by atoms with E-state index in [0.717, 1.165) is 44.4 Å². The van der Waals surface area contributed by atoms with Gasteiger partial charge in [-0.15, -0.1) is 11.3 Å². The van der Waals surface area contributed by atoms with Gasteiger partial charge in [0.2, 0.25) is 5.91 Å². The minimum atomic E-state index is -0.405. The van der Waals surface area contributed by atoms with Gasteiger partial charge in [-0.1, -0.05) is 13.8 Å². The Hall–Kier alpha value is -2.75. The number of aromatic amines is 1. The fourth-order valence-electron chi connectivity index (χ4n) is 7.18. The fourth-order valence-corrected chi connectivity index (χ4v) is 8.58. The number of pyridine rings is 1. The highest BCUT2D eigenvalue weighted by atomic mass is 32.1. The molecule has 6 heterocycles. The number of fused-ring (bicyclic) bond motifs is 4. The second-order valence-corrected chi connectivity index (χ2v) is 12.7. The first kappa shape index (κ1) is 24.3. The van der Waals surface area contributed by atoms with Gasteiger partial charge in [0, 0.05) is 47.2 Å². The second kappa shape index (κ2) is 9.17. The summed E-state index contributed by atoms with van der Waals surface area (Å²) < 4.78 is 1.95. The number of piperidine rings is 1. The van der Waals surface area contributed by atoms with E-state index < -0.39 is 6.10 Å². The molecule has 8 nitrogen and oxygen atoms in total. The van der Waals surface area contributed by atoms with Crippen molar-refractivity contribution < 1.29 is 9.90 Å². The molecule has 38 heavy (non-hydrogen) atoms. The molecule has 3 aliphatic rings. The molecule has 0 aromatic carbocycles. The van der Waals surface area contributed by atoms with Gasteiger partial charge in [-0.25, -0.2) is 9.50 Å². The van der Waals surface area contributed by atoms with Crippen molar-refractivity contribution in [2.75, 3.05) is 19.6 Å². The Kier molecular flexibility index (Phi) is 5.87. The molecule has 2 saturated heterocycles. The van der Waals surface area contributed by atoms with Crippen LogP contribution in [0.15, 0.2) is 12.5 Å². The average Bonchev–Trinajstić information content (AvgIpc) is 3.71. The zero-order valence-corrected chi connectivity index (χ0v) is 23.2. The number of H-pyrrole nitrogens is 1. The Morgan fingerprint density at radius 3 is 2.74 bits per heavy atom. The van der Waals surface area contributed by atoms with E-state index in [0.29, 0.717) is 24.8 Å². The standard InChI is InChI=1S/C29H36N6O2S/c1-15(2)23-24-16(3)26(17-7-9-34(10-8-17)29(37)22-11-18(36)12-30-22)38-28(24)33-25(23)21-13-35-27(31-14-32-35)20-6-4-5-19(20)21/h13-15,17-18,22,30,33,36H,4-12H2,1-3H3/t18-,22+/m0/s1. The maximum Gasteiger partial charge on any atom is 0.239 e. The van der Waals surface area contributed by atoms with Gasteiger partial charge < -0.3 is 20.3 Å². The molecule has 1 amide bonds. The van der Waals surface area contributed by atoms with Crippen LogP contribution in [-0.2, 0) is 17.6 Å². The molecule has 1 aliphatic carbocycles.